The molecule has 6 nitrogen and oxygen atoms in total. The second-order valence-corrected chi connectivity index (χ2v) is 5.26. The van der Waals surface area contributed by atoms with Crippen molar-refractivity contribution in [2.24, 2.45) is 0 Å². The van der Waals surface area contributed by atoms with Gasteiger partial charge in [-0.15, -0.1) is 0 Å². The summed E-state index contributed by atoms with van der Waals surface area (Å²) in [6.07, 6.45) is 5.63. The third-order valence-corrected chi connectivity index (χ3v) is 3.52. The van der Waals surface area contributed by atoms with Gasteiger partial charge in [0.15, 0.2) is 11.5 Å². The molecule has 0 spiro atoms. The van der Waals surface area contributed by atoms with Crippen molar-refractivity contribution in [3.8, 4) is 11.5 Å². The fourth-order valence-corrected chi connectivity index (χ4v) is 2.35. The minimum atomic E-state index is -0.146. The van der Waals surface area contributed by atoms with Crippen molar-refractivity contribution in [1.82, 2.24) is 15.5 Å². The van der Waals surface area contributed by atoms with Crippen molar-refractivity contribution >= 4 is 5.91 Å². The molecular weight excluding hydrogens is 282 g/mol. The Hall–Kier alpha value is -2.50. The van der Waals surface area contributed by atoms with Crippen molar-refractivity contribution in [1.29, 1.82) is 0 Å². The van der Waals surface area contributed by atoms with Crippen LogP contribution in [0.15, 0.2) is 36.7 Å². The number of hydrogen-bond acceptors (Lipinski definition) is 4. The predicted octanol–water partition coefficient (Wildman–Crippen LogP) is 1.69. The standard InChI is InChI=1S/C16H19N3O3/c20-16(7-3-4-12-8-18-19-9-12)17-10-13-11-21-14-5-1-2-6-15(14)22-13/h1-2,5-6,8-9,13H,3-4,7,10-11H2,(H,17,20)(H,18,19). The predicted molar refractivity (Wildman–Crippen MR) is 80.9 cm³/mol. The van der Waals surface area contributed by atoms with Crippen LogP contribution in [0.1, 0.15) is 18.4 Å². The average molecular weight is 301 g/mol. The number of nitrogens with zero attached hydrogens (tertiary/aromatic N) is 1. The molecule has 0 radical (unpaired) electrons. The van der Waals surface area contributed by atoms with E-state index in [0.717, 1.165) is 29.9 Å². The summed E-state index contributed by atoms with van der Waals surface area (Å²) in [4.78, 5) is 11.8. The summed E-state index contributed by atoms with van der Waals surface area (Å²) < 4.78 is 11.4. The fraction of sp³-hybridized carbons (Fsp3) is 0.375. The SMILES string of the molecule is O=C(CCCc1cn[nH]c1)NCC1COc2ccccc2O1. The van der Waals surface area contributed by atoms with Gasteiger partial charge in [0.2, 0.25) is 5.91 Å². The van der Waals surface area contributed by atoms with E-state index in [1.165, 1.54) is 0 Å². The van der Waals surface area contributed by atoms with Crippen LogP contribution >= 0.6 is 0 Å². The first-order valence-electron chi connectivity index (χ1n) is 7.44. The number of nitrogens with one attached hydrogen (secondary N) is 2. The lowest BCUT2D eigenvalue weighted by molar-refractivity contribution is -0.121. The Kier molecular flexibility index (Phi) is 4.58. The van der Waals surface area contributed by atoms with Gasteiger partial charge in [-0.25, -0.2) is 0 Å². The second-order valence-electron chi connectivity index (χ2n) is 5.26. The van der Waals surface area contributed by atoms with Crippen LogP contribution in [0.4, 0.5) is 0 Å². The van der Waals surface area contributed by atoms with Crippen molar-refractivity contribution in [2.75, 3.05) is 13.2 Å². The molecule has 1 atom stereocenters. The minimum Gasteiger partial charge on any atom is -0.486 e. The van der Waals surface area contributed by atoms with E-state index in [4.69, 9.17) is 9.47 Å². The zero-order chi connectivity index (χ0) is 15.2. The van der Waals surface area contributed by atoms with Crippen molar-refractivity contribution in [3.05, 3.63) is 42.2 Å². The largest absolute Gasteiger partial charge is 0.486 e. The highest BCUT2D eigenvalue weighted by Gasteiger charge is 2.20. The van der Waals surface area contributed by atoms with E-state index in [9.17, 15) is 4.79 Å². The molecule has 0 saturated heterocycles. The monoisotopic (exact) mass is 301 g/mol. The number of para-hydroxylation sites is 2. The summed E-state index contributed by atoms with van der Waals surface area (Å²) in [5.41, 5.74) is 1.12. The van der Waals surface area contributed by atoms with Crippen LogP contribution in [0.2, 0.25) is 0 Å². The van der Waals surface area contributed by atoms with Gasteiger partial charge in [-0.2, -0.15) is 5.10 Å². The molecule has 0 aliphatic carbocycles. The number of aromatic amines is 1. The molecule has 0 saturated carbocycles. The summed E-state index contributed by atoms with van der Waals surface area (Å²) in [7, 11) is 0. The summed E-state index contributed by atoms with van der Waals surface area (Å²) in [5.74, 6) is 1.52. The number of carbonyl (C=O) groups is 1. The number of hydrogen-bond donors (Lipinski definition) is 2. The van der Waals surface area contributed by atoms with Crippen molar-refractivity contribution < 1.29 is 14.3 Å². The highest BCUT2D eigenvalue weighted by molar-refractivity contribution is 5.75. The number of aryl methyl sites for hydroxylation is 1. The second kappa shape index (κ2) is 6.98. The van der Waals surface area contributed by atoms with E-state index < -0.39 is 0 Å². The van der Waals surface area contributed by atoms with Gasteiger partial charge in [0, 0.05) is 12.6 Å². The molecule has 1 aromatic heterocycles. The number of ether oxygens (including phenoxy) is 2. The molecule has 0 bridgehead atoms. The molecular formula is C16H19N3O3. The first-order valence-corrected chi connectivity index (χ1v) is 7.44. The molecule has 2 heterocycles. The Bertz CT molecular complexity index is 613. The van der Waals surface area contributed by atoms with Gasteiger partial charge in [0.05, 0.1) is 12.7 Å². The van der Waals surface area contributed by atoms with Crippen molar-refractivity contribution in [3.63, 3.8) is 0 Å². The smallest absolute Gasteiger partial charge is 0.220 e. The number of H-pyrrole nitrogens is 1. The lowest BCUT2D eigenvalue weighted by Gasteiger charge is -2.26. The molecule has 6 heteroatoms. The third kappa shape index (κ3) is 3.78. The number of amides is 1. The maximum Gasteiger partial charge on any atom is 0.220 e. The normalized spacial score (nSPS) is 16.3. The third-order valence-electron chi connectivity index (χ3n) is 3.52. The van der Waals surface area contributed by atoms with E-state index in [-0.39, 0.29) is 12.0 Å². The Labute approximate surface area is 128 Å². The Morgan fingerprint density at radius 3 is 3.05 bits per heavy atom. The Balaban J connectivity index is 1.37. The molecule has 2 aromatic rings. The summed E-state index contributed by atoms with van der Waals surface area (Å²) >= 11 is 0. The number of fused-ring (bicyclic) bond motifs is 1. The highest BCUT2D eigenvalue weighted by atomic mass is 16.6. The van der Waals surface area contributed by atoms with Gasteiger partial charge in [0.25, 0.3) is 0 Å². The molecule has 1 aliphatic rings. The van der Waals surface area contributed by atoms with Gasteiger partial charge in [-0.1, -0.05) is 12.1 Å². The van der Waals surface area contributed by atoms with E-state index in [1.54, 1.807) is 6.20 Å². The lowest BCUT2D eigenvalue weighted by atomic mass is 10.1. The van der Waals surface area contributed by atoms with E-state index >= 15 is 0 Å². The van der Waals surface area contributed by atoms with Crippen LogP contribution in [0, 0.1) is 0 Å². The first-order chi connectivity index (χ1) is 10.8. The molecule has 2 N–H and O–H groups in total. The number of aromatic nitrogens is 2. The molecule has 1 aliphatic heterocycles. The quantitative estimate of drug-likeness (QED) is 0.851. The van der Waals surface area contributed by atoms with E-state index in [2.05, 4.69) is 15.5 Å². The number of carbonyl (C=O) groups excluding carboxylic acids is 1. The van der Waals surface area contributed by atoms with Gasteiger partial charge >= 0.3 is 0 Å². The van der Waals surface area contributed by atoms with Gasteiger partial charge in [0.1, 0.15) is 12.7 Å². The molecule has 0 fully saturated rings. The zero-order valence-electron chi connectivity index (χ0n) is 12.2. The highest BCUT2D eigenvalue weighted by Crippen LogP contribution is 2.30. The van der Waals surface area contributed by atoms with Gasteiger partial charge in [-0.05, 0) is 30.5 Å². The zero-order valence-corrected chi connectivity index (χ0v) is 12.2. The van der Waals surface area contributed by atoms with Gasteiger partial charge < -0.3 is 14.8 Å². The fourth-order valence-electron chi connectivity index (χ4n) is 2.35. The molecule has 1 unspecified atom stereocenters. The van der Waals surface area contributed by atoms with Crippen LogP contribution < -0.4 is 14.8 Å². The van der Waals surface area contributed by atoms with Crippen molar-refractivity contribution in [2.45, 2.75) is 25.4 Å². The van der Waals surface area contributed by atoms with Crippen LogP contribution in [-0.4, -0.2) is 35.4 Å². The number of benzene rings is 1. The molecule has 3 rings (SSSR count). The molecule has 1 amide bonds. The summed E-state index contributed by atoms with van der Waals surface area (Å²) in [6, 6.07) is 7.55. The maximum atomic E-state index is 11.8. The molecule has 1 aromatic carbocycles. The molecule has 22 heavy (non-hydrogen) atoms. The number of rotatable bonds is 6. The summed E-state index contributed by atoms with van der Waals surface area (Å²) in [5, 5.41) is 9.54. The van der Waals surface area contributed by atoms with Crippen LogP contribution in [0.25, 0.3) is 0 Å². The van der Waals surface area contributed by atoms with E-state index in [1.807, 2.05) is 30.5 Å². The Morgan fingerprint density at radius 2 is 2.23 bits per heavy atom. The minimum absolute atomic E-state index is 0.0333. The molecule has 116 valence electrons. The maximum absolute atomic E-state index is 11.8. The average Bonchev–Trinajstić information content (AvgIpc) is 3.06. The van der Waals surface area contributed by atoms with E-state index in [0.29, 0.717) is 19.6 Å². The summed E-state index contributed by atoms with van der Waals surface area (Å²) in [6.45, 7) is 0.908. The van der Waals surface area contributed by atoms with Crippen LogP contribution in [0.5, 0.6) is 11.5 Å². The first kappa shape index (κ1) is 14.4. The van der Waals surface area contributed by atoms with Crippen LogP contribution in [-0.2, 0) is 11.2 Å². The van der Waals surface area contributed by atoms with Gasteiger partial charge in [-0.3, -0.25) is 9.89 Å². The van der Waals surface area contributed by atoms with Crippen LogP contribution in [0.3, 0.4) is 0 Å². The topological polar surface area (TPSA) is 76.2 Å². The Morgan fingerprint density at radius 1 is 1.36 bits per heavy atom. The lowest BCUT2D eigenvalue weighted by Crippen LogP contribution is -2.40.